The van der Waals surface area contributed by atoms with E-state index in [-0.39, 0.29) is 51.9 Å². The van der Waals surface area contributed by atoms with Crippen molar-refractivity contribution >= 4 is 35.4 Å². The van der Waals surface area contributed by atoms with Crippen LogP contribution < -0.4 is 17.6 Å². The van der Waals surface area contributed by atoms with Gasteiger partial charge in [-0.25, -0.2) is 5.90 Å². The molecule has 3 heterocycles. The molecule has 3 aromatic carbocycles. The fourth-order valence-corrected chi connectivity index (χ4v) is 8.33. The predicted octanol–water partition coefficient (Wildman–Crippen LogP) is 1.15. The van der Waals surface area contributed by atoms with Crippen molar-refractivity contribution in [3.05, 3.63) is 130 Å². The highest BCUT2D eigenvalue weighted by Crippen LogP contribution is 2.30. The molecule has 2 saturated carbocycles. The Balaban J connectivity index is 0.000000196. The number of benzene rings is 3. The summed E-state index contributed by atoms with van der Waals surface area (Å²) >= 11 is 0. The molecule has 3 aliphatic heterocycles. The Morgan fingerprint density at radius 2 is 0.729 bits per heavy atom. The Hall–Kier alpha value is -5.96. The Kier molecular flexibility index (Phi) is 22.2. The zero-order valence-electron chi connectivity index (χ0n) is 38.3. The topological polar surface area (TPSA) is 371 Å². The Morgan fingerprint density at radius 3 is 1.01 bits per heavy atom. The van der Waals surface area contributed by atoms with E-state index in [9.17, 15) is 39.0 Å². The van der Waals surface area contributed by atoms with Gasteiger partial charge in [0.05, 0.1) is 77.6 Å². The molecule has 7 aliphatic rings. The molecule has 22 heteroatoms. The number of nitrogens with zero attached hydrogens (tertiary/aromatic N) is 3. The van der Waals surface area contributed by atoms with E-state index >= 15 is 0 Å². The summed E-state index contributed by atoms with van der Waals surface area (Å²) in [6.45, 7) is 1.30. The molecule has 10 rings (SSSR count). The quantitative estimate of drug-likeness (QED) is 0.0477. The fraction of sp³-hybridized carbons (Fsp3) is 0.417. The van der Waals surface area contributed by atoms with Crippen LogP contribution in [0.4, 0.5) is 0 Å². The van der Waals surface area contributed by atoms with E-state index in [1.807, 2.05) is 0 Å². The zero-order valence-corrected chi connectivity index (χ0v) is 38.3. The minimum atomic E-state index is -0.759. The number of carbonyl (C=O) groups is 6. The number of fused-ring (bicyclic) bond motifs is 3. The van der Waals surface area contributed by atoms with Gasteiger partial charge in [0.15, 0.2) is 0 Å². The first-order chi connectivity index (χ1) is 33.2. The smallest absolute Gasteiger partial charge is 0.285 e. The number of hydrogen-bond acceptors (Lipinski definition) is 18. The third kappa shape index (κ3) is 14.1. The average molecular weight is 979 g/mol. The van der Waals surface area contributed by atoms with Crippen molar-refractivity contribution < 1.29 is 79.5 Å². The highest BCUT2D eigenvalue weighted by molar-refractivity contribution is 6.21. The standard InChI is InChI=1S/C14H15NO5.C14H13NO3.C8H5NO3.C6H13NO3.C6H10O.H4N2.H2O/c16-11-5-8(6-12(11)17)7-20-15-13(18)9-3-1-2-4-10(9)14(15)19;16-13-11-7-3-4-8-12(11)14(17)15(13)18-9-10-5-1-2-6-10;10-7-5-3-1-2-4-6(5)8(11)9(7)12;7-10-3-4-1-5(8)6(9)2-4;7-5-6-3-1-2-4-6;1-2;/h1-4,8,11-12,16-17H,5-7H2;1-4,7-8,10H,5-6,9H2;1-4,12H;4-6,8-9H,1-3,7H2;1-2,6-7H,3-5H2;1-2H2;1H2/t8?,11-,12+;;;4?,5-,6+;;;. The van der Waals surface area contributed by atoms with Crippen molar-refractivity contribution in [2.75, 3.05) is 26.4 Å². The molecule has 4 aliphatic carbocycles. The molecule has 0 aromatic heterocycles. The third-order valence-corrected chi connectivity index (χ3v) is 12.2. The summed E-state index contributed by atoms with van der Waals surface area (Å²) in [5, 5.41) is 56.2. The van der Waals surface area contributed by atoms with Crippen LogP contribution in [0.25, 0.3) is 0 Å². The number of hydrazine groups is 1. The molecular weight excluding hydrogens is 917 g/mol. The fourth-order valence-electron chi connectivity index (χ4n) is 8.33. The van der Waals surface area contributed by atoms with Crippen LogP contribution >= 0.6 is 0 Å². The van der Waals surface area contributed by atoms with Gasteiger partial charge >= 0.3 is 0 Å². The van der Waals surface area contributed by atoms with Crippen LogP contribution in [-0.2, 0) is 14.5 Å². The van der Waals surface area contributed by atoms with Crippen molar-refractivity contribution in [1.82, 2.24) is 15.2 Å². The summed E-state index contributed by atoms with van der Waals surface area (Å²) in [4.78, 5) is 85.2. The van der Waals surface area contributed by atoms with Crippen LogP contribution in [0.1, 0.15) is 114 Å². The lowest BCUT2D eigenvalue weighted by atomic mass is 10.1. The highest BCUT2D eigenvalue weighted by Gasteiger charge is 2.40. The molecule has 14 N–H and O–H groups in total. The lowest BCUT2D eigenvalue weighted by molar-refractivity contribution is -0.103. The van der Waals surface area contributed by atoms with Gasteiger partial charge in [0.1, 0.15) is 0 Å². The van der Waals surface area contributed by atoms with Crippen molar-refractivity contribution in [2.45, 2.75) is 75.8 Å². The number of rotatable bonds is 9. The van der Waals surface area contributed by atoms with E-state index in [0.29, 0.717) is 79.6 Å². The maximum absolute atomic E-state index is 12.0. The van der Waals surface area contributed by atoms with E-state index < -0.39 is 48.0 Å². The summed E-state index contributed by atoms with van der Waals surface area (Å²) in [7, 11) is 0. The molecule has 0 bridgehead atoms. The summed E-state index contributed by atoms with van der Waals surface area (Å²) in [6, 6.07) is 19.6. The summed E-state index contributed by atoms with van der Waals surface area (Å²) < 4.78 is 0. The number of carbonyl (C=O) groups excluding carboxylic acids is 6. The summed E-state index contributed by atoms with van der Waals surface area (Å²) in [5.41, 5.74) is 2.03. The number of nitrogens with two attached hydrogens (primary N) is 3. The summed E-state index contributed by atoms with van der Waals surface area (Å²) in [6.07, 6.45) is 11.8. The van der Waals surface area contributed by atoms with Crippen LogP contribution in [0.3, 0.4) is 0 Å². The maximum atomic E-state index is 12.0. The molecule has 22 nitrogen and oxygen atoms in total. The largest absolute Gasteiger partial charge is 0.412 e. The van der Waals surface area contributed by atoms with Crippen LogP contribution in [-0.4, -0.2) is 138 Å². The normalized spacial score (nSPS) is 23.8. The summed E-state index contributed by atoms with van der Waals surface area (Å²) in [5.74, 6) is 10.9. The molecule has 3 aromatic rings. The number of allylic oxidation sites excluding steroid dienone is 4. The maximum Gasteiger partial charge on any atom is 0.285 e. The van der Waals surface area contributed by atoms with Gasteiger partial charge in [0.25, 0.3) is 35.4 Å². The average Bonchev–Trinajstić information content (AvgIpc) is 4.27. The van der Waals surface area contributed by atoms with Gasteiger partial charge in [-0.2, -0.15) is 0 Å². The third-order valence-electron chi connectivity index (χ3n) is 12.2. The van der Waals surface area contributed by atoms with Crippen molar-refractivity contribution in [1.29, 1.82) is 0 Å². The number of hydrogen-bond donors (Lipinski definition) is 9. The Labute approximate surface area is 403 Å². The second-order valence-electron chi connectivity index (χ2n) is 17.0. The molecule has 6 atom stereocenters. The number of amides is 6. The number of aliphatic hydroxyl groups is 5. The molecule has 2 unspecified atom stereocenters. The zero-order chi connectivity index (χ0) is 50.2. The monoisotopic (exact) mass is 978 g/mol. The molecule has 2 fully saturated rings. The van der Waals surface area contributed by atoms with Crippen LogP contribution in [0.2, 0.25) is 0 Å². The minimum Gasteiger partial charge on any atom is -0.412 e. The van der Waals surface area contributed by atoms with Gasteiger partial charge in [-0.3, -0.25) is 55.3 Å². The van der Waals surface area contributed by atoms with Gasteiger partial charge < -0.3 is 35.8 Å². The first kappa shape index (κ1) is 56.6. The van der Waals surface area contributed by atoms with E-state index in [1.54, 1.807) is 60.7 Å². The molecule has 70 heavy (non-hydrogen) atoms. The molecule has 0 saturated heterocycles. The van der Waals surface area contributed by atoms with Crippen molar-refractivity contribution in [3.8, 4) is 0 Å². The number of imide groups is 3. The molecule has 0 spiro atoms. The second kappa shape index (κ2) is 27.4. The first-order valence-corrected chi connectivity index (χ1v) is 22.4. The van der Waals surface area contributed by atoms with Crippen LogP contribution in [0, 0.1) is 23.7 Å². The lowest BCUT2D eigenvalue weighted by Crippen LogP contribution is -2.31. The van der Waals surface area contributed by atoms with Gasteiger partial charge in [-0.1, -0.05) is 60.7 Å². The minimum absolute atomic E-state index is 0. The van der Waals surface area contributed by atoms with Crippen LogP contribution in [0.15, 0.2) is 97.1 Å². The molecular formula is C48H62N6O16. The van der Waals surface area contributed by atoms with Crippen LogP contribution in [0.5, 0.6) is 0 Å². The van der Waals surface area contributed by atoms with Gasteiger partial charge in [0, 0.05) is 6.61 Å². The van der Waals surface area contributed by atoms with Gasteiger partial charge in [0.2, 0.25) is 0 Å². The molecule has 380 valence electrons. The van der Waals surface area contributed by atoms with E-state index in [4.69, 9.17) is 36.1 Å². The van der Waals surface area contributed by atoms with Gasteiger partial charge in [-0.15, -0.1) is 15.2 Å². The lowest BCUT2D eigenvalue weighted by Gasteiger charge is -2.16. The van der Waals surface area contributed by atoms with Crippen molar-refractivity contribution in [2.24, 2.45) is 41.3 Å². The highest BCUT2D eigenvalue weighted by atomic mass is 16.7. The van der Waals surface area contributed by atoms with Crippen molar-refractivity contribution in [3.63, 3.8) is 0 Å². The molecule has 6 amide bonds. The van der Waals surface area contributed by atoms with Gasteiger partial charge in [-0.05, 0) is 111 Å². The first-order valence-electron chi connectivity index (χ1n) is 22.4. The predicted molar refractivity (Wildman–Crippen MR) is 247 cm³/mol. The second-order valence-corrected chi connectivity index (χ2v) is 17.0. The Morgan fingerprint density at radius 1 is 0.457 bits per heavy atom. The van der Waals surface area contributed by atoms with E-state index in [0.717, 1.165) is 35.8 Å². The Bertz CT molecular complexity index is 2190. The molecule has 0 radical (unpaired) electrons. The number of hydroxylamine groups is 6. The van der Waals surface area contributed by atoms with E-state index in [2.05, 4.69) is 40.8 Å². The SMILES string of the molecule is NN.NOCC1C[C@@H](O)[C@@H](O)C1.O.O=C1c2ccccc2C(=O)N1O.O=C1c2ccccc2C(=O)N1OCC1CC=CC1.O=C1c2ccccc2C(=O)N1OCC1C[C@@H](O)[C@@H](O)C1.OCC1CC=CC1. The number of aliphatic hydroxyl groups excluding tert-OH is 5. The van der Waals surface area contributed by atoms with E-state index in [1.165, 1.54) is 12.1 Å².